The van der Waals surface area contributed by atoms with Crippen LogP contribution >= 0.6 is 7.14 Å². The van der Waals surface area contributed by atoms with Gasteiger partial charge in [-0.1, -0.05) is 115 Å². The number of nitrogens with zero attached hydrogens (tertiary/aromatic N) is 2. The molecule has 0 N–H and O–H groups in total. The lowest BCUT2D eigenvalue weighted by Gasteiger charge is -2.21. The molecule has 1 unspecified atom stereocenters. The van der Waals surface area contributed by atoms with Crippen molar-refractivity contribution in [1.82, 2.24) is 0 Å². The maximum Gasteiger partial charge on any atom is 0.187 e. The van der Waals surface area contributed by atoms with Crippen molar-refractivity contribution < 1.29 is 4.57 Å². The molecule has 5 aromatic carbocycles. The van der Waals surface area contributed by atoms with Crippen molar-refractivity contribution in [3.63, 3.8) is 0 Å². The van der Waals surface area contributed by atoms with Crippen LogP contribution in [0.25, 0.3) is 27.1 Å². The van der Waals surface area contributed by atoms with Gasteiger partial charge in [0.1, 0.15) is 0 Å². The maximum absolute atomic E-state index is 14.8. The largest absolute Gasteiger partial charge is 0.309 e. The first-order valence-electron chi connectivity index (χ1n) is 11.5. The van der Waals surface area contributed by atoms with Gasteiger partial charge >= 0.3 is 0 Å². The van der Waals surface area contributed by atoms with Crippen LogP contribution in [0.3, 0.4) is 0 Å². The minimum atomic E-state index is -3.11. The van der Waals surface area contributed by atoms with Crippen molar-refractivity contribution in [3.05, 3.63) is 144 Å². The molecule has 0 bridgehead atoms. The first-order valence-corrected chi connectivity index (χ1v) is 13.2. The molecule has 0 fully saturated rings. The lowest BCUT2D eigenvalue weighted by atomic mass is 10.0. The fourth-order valence-electron chi connectivity index (χ4n) is 4.28. The van der Waals surface area contributed by atoms with Crippen LogP contribution in [0.5, 0.6) is 0 Å². The minimum absolute atomic E-state index is 0.605. The molecule has 0 spiro atoms. The summed E-state index contributed by atoms with van der Waals surface area (Å²) in [4.78, 5) is 3.45. The predicted octanol–water partition coefficient (Wildman–Crippen LogP) is 7.08. The van der Waals surface area contributed by atoms with Gasteiger partial charge in [0.15, 0.2) is 12.8 Å². The highest BCUT2D eigenvalue weighted by Gasteiger charge is 2.29. The molecule has 36 heavy (non-hydrogen) atoms. The molecule has 0 amide bonds. The zero-order valence-electron chi connectivity index (χ0n) is 19.4. The predicted molar refractivity (Wildman–Crippen MR) is 148 cm³/mol. The third-order valence-corrected chi connectivity index (χ3v) is 9.33. The van der Waals surface area contributed by atoms with Crippen LogP contribution in [0.2, 0.25) is 0 Å². The summed E-state index contributed by atoms with van der Waals surface area (Å²) in [6, 6.07) is 42.4. The summed E-state index contributed by atoms with van der Waals surface area (Å²) >= 11 is 0. The van der Waals surface area contributed by atoms with Gasteiger partial charge in [-0.25, -0.2) is 4.85 Å². The summed E-state index contributed by atoms with van der Waals surface area (Å²) in [7, 11) is -3.11. The van der Waals surface area contributed by atoms with E-state index in [1.807, 2.05) is 103 Å². The summed E-state index contributed by atoms with van der Waals surface area (Å²) < 4.78 is 14.8. The molecule has 0 heterocycles. The molecule has 0 aliphatic carbocycles. The molecule has 1 atom stereocenters. The van der Waals surface area contributed by atoms with Crippen molar-refractivity contribution >= 4 is 28.7 Å². The van der Waals surface area contributed by atoms with Crippen molar-refractivity contribution in [3.8, 4) is 28.3 Å². The van der Waals surface area contributed by atoms with Crippen molar-refractivity contribution in [2.24, 2.45) is 0 Å². The number of hydrogen-bond donors (Lipinski definition) is 0. The van der Waals surface area contributed by atoms with E-state index in [4.69, 9.17) is 11.8 Å². The monoisotopic (exact) mass is 480 g/mol. The summed E-state index contributed by atoms with van der Waals surface area (Å²) in [5.41, 5.74) is 5.24. The quantitative estimate of drug-likeness (QED) is 0.199. The van der Waals surface area contributed by atoms with E-state index < -0.39 is 7.14 Å². The molecule has 0 aromatic heterocycles. The highest BCUT2D eigenvalue weighted by Crippen LogP contribution is 2.43. The van der Waals surface area contributed by atoms with Crippen molar-refractivity contribution in [2.75, 3.05) is 0 Å². The Kier molecular flexibility index (Phi) is 6.34. The van der Waals surface area contributed by atoms with Crippen molar-refractivity contribution in [2.45, 2.75) is 0 Å². The van der Waals surface area contributed by atoms with Gasteiger partial charge in [0.2, 0.25) is 0 Å². The maximum atomic E-state index is 14.8. The number of benzene rings is 5. The Morgan fingerprint density at radius 3 is 1.36 bits per heavy atom. The van der Waals surface area contributed by atoms with Crippen LogP contribution in [0.15, 0.2) is 127 Å². The summed E-state index contributed by atoms with van der Waals surface area (Å²) in [6.45, 7) is 7.14. The molecule has 3 nitrogen and oxygen atoms in total. The fourth-order valence-corrected chi connectivity index (χ4v) is 6.90. The van der Waals surface area contributed by atoms with Gasteiger partial charge in [0.05, 0.1) is 18.2 Å². The topological polar surface area (TPSA) is 45.2 Å². The SMILES string of the molecule is [C-]#[N+]c1ccc(-c2ccc(P(=O)(c3ccccc3)c3ccc(-c4ccc(C#N)cc4)cc3)cc2)cc1. The van der Waals surface area contributed by atoms with E-state index in [2.05, 4.69) is 10.9 Å². The van der Waals surface area contributed by atoms with E-state index in [-0.39, 0.29) is 0 Å². The van der Waals surface area contributed by atoms with Crippen LogP contribution in [-0.4, -0.2) is 0 Å². The Morgan fingerprint density at radius 1 is 0.556 bits per heavy atom. The third kappa shape index (κ3) is 4.37. The van der Waals surface area contributed by atoms with Gasteiger partial charge in [0, 0.05) is 15.9 Å². The molecule has 5 rings (SSSR count). The Morgan fingerprint density at radius 2 is 0.944 bits per heavy atom. The zero-order chi connectivity index (χ0) is 25.0. The van der Waals surface area contributed by atoms with E-state index in [9.17, 15) is 4.57 Å². The number of hydrogen-bond acceptors (Lipinski definition) is 2. The molecule has 5 aromatic rings. The molecular weight excluding hydrogens is 459 g/mol. The second-order valence-electron chi connectivity index (χ2n) is 8.39. The summed E-state index contributed by atoms with van der Waals surface area (Å²) in [6.07, 6.45) is 0. The van der Waals surface area contributed by atoms with Crippen LogP contribution in [0.4, 0.5) is 5.69 Å². The highest BCUT2D eigenvalue weighted by atomic mass is 31.2. The highest BCUT2D eigenvalue weighted by molar-refractivity contribution is 7.85. The fraction of sp³-hybridized carbons (Fsp3) is 0. The van der Waals surface area contributed by atoms with Gasteiger partial charge in [-0.3, -0.25) is 0 Å². The minimum Gasteiger partial charge on any atom is -0.309 e. The third-order valence-electron chi connectivity index (χ3n) is 6.26. The van der Waals surface area contributed by atoms with E-state index >= 15 is 0 Å². The van der Waals surface area contributed by atoms with E-state index in [1.54, 1.807) is 24.3 Å². The molecular formula is C32H21N2OP. The Labute approximate surface area is 211 Å². The van der Waals surface area contributed by atoms with E-state index in [0.717, 1.165) is 38.2 Å². The first-order chi connectivity index (χ1) is 17.6. The smallest absolute Gasteiger partial charge is 0.187 e. The number of rotatable bonds is 5. The molecule has 0 aliphatic rings. The molecule has 0 saturated carbocycles. The van der Waals surface area contributed by atoms with Gasteiger partial charge in [-0.05, 0) is 34.4 Å². The lowest BCUT2D eigenvalue weighted by Crippen LogP contribution is -2.24. The number of nitriles is 1. The van der Waals surface area contributed by atoms with Crippen LogP contribution in [-0.2, 0) is 4.57 Å². The molecule has 0 radical (unpaired) electrons. The summed E-state index contributed by atoms with van der Waals surface area (Å²) in [5, 5.41) is 11.4. The van der Waals surface area contributed by atoms with Crippen LogP contribution < -0.4 is 15.9 Å². The Balaban J connectivity index is 1.54. The normalized spacial score (nSPS) is 12.2. The molecule has 4 heteroatoms. The second kappa shape index (κ2) is 9.89. The lowest BCUT2D eigenvalue weighted by molar-refractivity contribution is 0.592. The standard InChI is InChI=1S/C32H21N2OP/c1-34-29-17-11-26(12-18-29)28-15-21-32(22-16-28)36(35,30-5-3-2-4-6-30)31-19-13-27(14-20-31)25-9-7-24(23-33)8-10-25/h2-22H. The van der Waals surface area contributed by atoms with E-state index in [0.29, 0.717) is 11.3 Å². The zero-order valence-corrected chi connectivity index (χ0v) is 20.3. The van der Waals surface area contributed by atoms with Crippen LogP contribution in [0, 0.1) is 17.9 Å². The second-order valence-corrected chi connectivity index (χ2v) is 11.2. The molecule has 170 valence electrons. The summed E-state index contributed by atoms with van der Waals surface area (Å²) in [5.74, 6) is 0. The van der Waals surface area contributed by atoms with E-state index in [1.165, 1.54) is 0 Å². The Bertz CT molecular complexity index is 1520. The average Bonchev–Trinajstić information content (AvgIpc) is 2.97. The molecule has 0 aliphatic heterocycles. The van der Waals surface area contributed by atoms with Gasteiger partial charge in [-0.15, -0.1) is 0 Å². The molecule has 0 saturated heterocycles. The Hall–Kier alpha value is -4.69. The van der Waals surface area contributed by atoms with Gasteiger partial charge in [0.25, 0.3) is 0 Å². The van der Waals surface area contributed by atoms with Crippen LogP contribution in [0.1, 0.15) is 5.56 Å². The first kappa shape index (κ1) is 23.1. The van der Waals surface area contributed by atoms with Gasteiger partial charge < -0.3 is 4.57 Å². The average molecular weight is 481 g/mol. The van der Waals surface area contributed by atoms with Gasteiger partial charge in [-0.2, -0.15) is 5.26 Å². The van der Waals surface area contributed by atoms with Crippen molar-refractivity contribution in [1.29, 1.82) is 5.26 Å².